The molecule has 1 fully saturated rings. The Hall–Kier alpha value is -1.75. The van der Waals surface area contributed by atoms with Crippen molar-refractivity contribution < 1.29 is 0 Å². The zero-order valence-electron chi connectivity index (χ0n) is 12.2. The van der Waals surface area contributed by atoms with Crippen molar-refractivity contribution in [3.63, 3.8) is 0 Å². The minimum absolute atomic E-state index is 0.463. The van der Waals surface area contributed by atoms with Gasteiger partial charge >= 0.3 is 0 Å². The molecule has 0 N–H and O–H groups in total. The van der Waals surface area contributed by atoms with Crippen LogP contribution in [0.3, 0.4) is 0 Å². The van der Waals surface area contributed by atoms with Gasteiger partial charge < -0.3 is 4.90 Å². The number of nitrogens with zero attached hydrogens (tertiary/aromatic N) is 5. The van der Waals surface area contributed by atoms with Crippen LogP contribution >= 0.6 is 0 Å². The highest BCUT2D eigenvalue weighted by Gasteiger charge is 2.24. The van der Waals surface area contributed by atoms with E-state index in [-0.39, 0.29) is 0 Å². The molecule has 1 aliphatic heterocycles. The fraction of sp³-hybridized carbons (Fsp3) is 0.533. The lowest BCUT2D eigenvalue weighted by Crippen LogP contribution is -2.32. The third kappa shape index (κ3) is 2.45. The van der Waals surface area contributed by atoms with Crippen LogP contribution in [0.1, 0.15) is 37.2 Å². The van der Waals surface area contributed by atoms with Gasteiger partial charge in [0, 0.05) is 43.7 Å². The van der Waals surface area contributed by atoms with E-state index in [4.69, 9.17) is 0 Å². The monoisotopic (exact) mass is 271 g/mol. The Morgan fingerprint density at radius 1 is 1.20 bits per heavy atom. The molecule has 0 bridgehead atoms. The Bertz CT molecular complexity index is 577. The Labute approximate surface area is 119 Å². The number of aryl methyl sites for hydroxylation is 1. The topological polar surface area (TPSA) is 46.8 Å². The van der Waals surface area contributed by atoms with Gasteiger partial charge in [-0.15, -0.1) is 0 Å². The highest BCUT2D eigenvalue weighted by atomic mass is 15.1. The fourth-order valence-electron chi connectivity index (χ4n) is 2.99. The molecule has 0 amide bonds. The Balaban J connectivity index is 2.00. The van der Waals surface area contributed by atoms with E-state index in [2.05, 4.69) is 38.4 Å². The molecule has 5 heteroatoms. The first kappa shape index (κ1) is 13.2. The lowest BCUT2D eigenvalue weighted by Gasteiger charge is -2.30. The summed E-state index contributed by atoms with van der Waals surface area (Å²) in [7, 11) is 2.18. The van der Waals surface area contributed by atoms with Gasteiger partial charge in [0.15, 0.2) is 5.82 Å². The first-order valence-corrected chi connectivity index (χ1v) is 7.31. The average molecular weight is 271 g/mol. The molecule has 0 unspecified atom stereocenters. The molecule has 3 rings (SSSR count). The zero-order chi connectivity index (χ0) is 13.9. The summed E-state index contributed by atoms with van der Waals surface area (Å²) in [6.07, 6.45) is 10.7. The molecular formula is C15H21N5. The number of piperidine rings is 1. The summed E-state index contributed by atoms with van der Waals surface area (Å²) in [6, 6.07) is 0. The normalized spacial score (nSPS) is 20.2. The summed E-state index contributed by atoms with van der Waals surface area (Å²) in [5.74, 6) is 2.45. The van der Waals surface area contributed by atoms with E-state index in [0.29, 0.717) is 5.92 Å². The third-order valence-corrected chi connectivity index (χ3v) is 3.98. The lowest BCUT2D eigenvalue weighted by atomic mass is 9.94. The average Bonchev–Trinajstić information content (AvgIpc) is 2.95. The maximum absolute atomic E-state index is 4.63. The molecule has 106 valence electrons. The van der Waals surface area contributed by atoms with E-state index in [9.17, 15) is 0 Å². The predicted molar refractivity (Wildman–Crippen MR) is 78.0 cm³/mol. The van der Waals surface area contributed by atoms with Crippen molar-refractivity contribution in [2.45, 2.75) is 32.1 Å². The van der Waals surface area contributed by atoms with E-state index >= 15 is 0 Å². The smallest absolute Gasteiger partial charge is 0.160 e. The number of aromatic nitrogens is 4. The highest BCUT2D eigenvalue weighted by molar-refractivity contribution is 5.33. The van der Waals surface area contributed by atoms with E-state index in [0.717, 1.165) is 30.3 Å². The van der Waals surface area contributed by atoms with E-state index in [1.165, 1.54) is 19.4 Å². The van der Waals surface area contributed by atoms with Crippen molar-refractivity contribution in [1.82, 2.24) is 24.4 Å². The quantitative estimate of drug-likeness (QED) is 0.857. The molecule has 20 heavy (non-hydrogen) atoms. The van der Waals surface area contributed by atoms with Crippen molar-refractivity contribution in [3.05, 3.63) is 36.3 Å². The van der Waals surface area contributed by atoms with Crippen LogP contribution in [0, 0.1) is 0 Å². The second kappa shape index (κ2) is 5.71. The van der Waals surface area contributed by atoms with E-state index in [1.54, 1.807) is 12.4 Å². The van der Waals surface area contributed by atoms with Crippen molar-refractivity contribution >= 4 is 0 Å². The Morgan fingerprint density at radius 2 is 2.05 bits per heavy atom. The molecule has 0 aromatic carbocycles. The molecule has 2 aromatic heterocycles. The molecule has 1 atom stereocenters. The van der Waals surface area contributed by atoms with Crippen LogP contribution in [0.15, 0.2) is 24.8 Å². The lowest BCUT2D eigenvalue weighted by molar-refractivity contribution is 0.248. The summed E-state index contributed by atoms with van der Waals surface area (Å²) in [5.41, 5.74) is 1.10. The zero-order valence-corrected chi connectivity index (χ0v) is 12.2. The van der Waals surface area contributed by atoms with Crippen LogP contribution < -0.4 is 0 Å². The molecule has 1 aliphatic rings. The van der Waals surface area contributed by atoms with E-state index < -0.39 is 0 Å². The first-order valence-electron chi connectivity index (χ1n) is 7.31. The Morgan fingerprint density at radius 3 is 2.85 bits per heavy atom. The summed E-state index contributed by atoms with van der Waals surface area (Å²) in [4.78, 5) is 16.0. The van der Waals surface area contributed by atoms with Crippen LogP contribution in [-0.2, 0) is 6.42 Å². The molecule has 0 radical (unpaired) electrons. The molecule has 0 saturated carbocycles. The molecule has 1 saturated heterocycles. The standard InChI is InChI=1S/C15H21N5/c1-3-13-16-8-10-20(13)15-14(17-6-7-18-15)12-5-4-9-19(2)11-12/h6-8,10,12H,3-5,9,11H2,1-2H3/t12-/m1/s1. The number of hydrogen-bond acceptors (Lipinski definition) is 4. The largest absolute Gasteiger partial charge is 0.306 e. The van der Waals surface area contributed by atoms with Crippen LogP contribution in [0.4, 0.5) is 0 Å². The van der Waals surface area contributed by atoms with Gasteiger partial charge in [-0.25, -0.2) is 9.97 Å². The van der Waals surface area contributed by atoms with Crippen LogP contribution in [0.25, 0.3) is 5.82 Å². The second-order valence-electron chi connectivity index (χ2n) is 5.43. The minimum Gasteiger partial charge on any atom is -0.306 e. The fourth-order valence-corrected chi connectivity index (χ4v) is 2.99. The van der Waals surface area contributed by atoms with Gasteiger partial charge in [-0.05, 0) is 26.4 Å². The maximum Gasteiger partial charge on any atom is 0.160 e. The molecule has 3 heterocycles. The van der Waals surface area contributed by atoms with Gasteiger partial charge in [-0.2, -0.15) is 0 Å². The molecular weight excluding hydrogens is 250 g/mol. The van der Waals surface area contributed by atoms with Crippen molar-refractivity contribution in [1.29, 1.82) is 0 Å². The van der Waals surface area contributed by atoms with Gasteiger partial charge in [0.2, 0.25) is 0 Å². The number of imidazole rings is 1. The maximum atomic E-state index is 4.63. The SMILES string of the molecule is CCc1nccn1-c1nccnc1[C@@H]1CCCN(C)C1. The number of likely N-dealkylation sites (tertiary alicyclic amines) is 1. The molecule has 5 nitrogen and oxygen atoms in total. The second-order valence-corrected chi connectivity index (χ2v) is 5.43. The molecule has 2 aromatic rings. The number of rotatable bonds is 3. The van der Waals surface area contributed by atoms with Crippen LogP contribution in [0.2, 0.25) is 0 Å². The third-order valence-electron chi connectivity index (χ3n) is 3.98. The molecule has 0 spiro atoms. The van der Waals surface area contributed by atoms with Crippen molar-refractivity contribution in [2.75, 3.05) is 20.1 Å². The summed E-state index contributed by atoms with van der Waals surface area (Å²) >= 11 is 0. The summed E-state index contributed by atoms with van der Waals surface area (Å²) in [5, 5.41) is 0. The van der Waals surface area contributed by atoms with E-state index in [1.807, 2.05) is 12.4 Å². The number of likely N-dealkylation sites (N-methyl/N-ethyl adjacent to an activating group) is 1. The predicted octanol–water partition coefficient (Wildman–Crippen LogP) is 2.03. The van der Waals surface area contributed by atoms with Crippen LogP contribution in [-0.4, -0.2) is 44.6 Å². The van der Waals surface area contributed by atoms with Gasteiger partial charge in [0.1, 0.15) is 5.82 Å². The van der Waals surface area contributed by atoms with Gasteiger partial charge in [0.05, 0.1) is 5.69 Å². The van der Waals surface area contributed by atoms with Gasteiger partial charge in [-0.1, -0.05) is 6.92 Å². The minimum atomic E-state index is 0.463. The van der Waals surface area contributed by atoms with Crippen molar-refractivity contribution in [2.24, 2.45) is 0 Å². The highest BCUT2D eigenvalue weighted by Crippen LogP contribution is 2.28. The number of hydrogen-bond donors (Lipinski definition) is 0. The van der Waals surface area contributed by atoms with Gasteiger partial charge in [0.25, 0.3) is 0 Å². The first-order chi connectivity index (χ1) is 9.79. The molecule has 0 aliphatic carbocycles. The van der Waals surface area contributed by atoms with Gasteiger partial charge in [-0.3, -0.25) is 9.55 Å². The van der Waals surface area contributed by atoms with Crippen LogP contribution in [0.5, 0.6) is 0 Å². The summed E-state index contributed by atoms with van der Waals surface area (Å²) in [6.45, 7) is 4.35. The van der Waals surface area contributed by atoms with Crippen molar-refractivity contribution in [3.8, 4) is 5.82 Å². The summed E-state index contributed by atoms with van der Waals surface area (Å²) < 4.78 is 2.08. The Kier molecular flexibility index (Phi) is 3.78.